The number of esters is 1. The zero-order valence-electron chi connectivity index (χ0n) is 20.1. The second-order valence-electron chi connectivity index (χ2n) is 8.95. The predicted molar refractivity (Wildman–Crippen MR) is 135 cm³/mol. The van der Waals surface area contributed by atoms with Crippen LogP contribution in [0.4, 0.5) is 4.79 Å². The van der Waals surface area contributed by atoms with Gasteiger partial charge in [-0.05, 0) is 36.5 Å². The fourth-order valence-corrected chi connectivity index (χ4v) is 3.95. The van der Waals surface area contributed by atoms with Gasteiger partial charge >= 0.3 is 12.1 Å². The van der Waals surface area contributed by atoms with E-state index in [1.54, 1.807) is 12.1 Å². The number of hydrogen-bond acceptors (Lipinski definition) is 6. The van der Waals surface area contributed by atoms with E-state index < -0.39 is 39.9 Å². The van der Waals surface area contributed by atoms with Gasteiger partial charge in [0.15, 0.2) is 6.04 Å². The third kappa shape index (κ3) is 6.51. The highest BCUT2D eigenvalue weighted by Gasteiger charge is 2.44. The van der Waals surface area contributed by atoms with Crippen LogP contribution in [0.2, 0.25) is 0 Å². The van der Waals surface area contributed by atoms with Crippen LogP contribution in [-0.4, -0.2) is 77.5 Å². The van der Waals surface area contributed by atoms with Gasteiger partial charge in [0.1, 0.15) is 12.5 Å². The first-order valence-corrected chi connectivity index (χ1v) is 14.0. The highest BCUT2D eigenvalue weighted by molar-refractivity contribution is 8.32. The van der Waals surface area contributed by atoms with Crippen LogP contribution in [0, 0.1) is 0 Å². The van der Waals surface area contributed by atoms with Gasteiger partial charge < -0.3 is 14.4 Å². The number of carbonyl (C=O) groups is 4. The van der Waals surface area contributed by atoms with E-state index in [-0.39, 0.29) is 36.8 Å². The molecule has 1 aliphatic rings. The molecule has 3 rings (SSSR count). The number of benzene rings is 2. The molecule has 0 saturated heterocycles. The summed E-state index contributed by atoms with van der Waals surface area (Å²) in [6, 6.07) is 14.2. The van der Waals surface area contributed by atoms with Gasteiger partial charge in [-0.15, -0.1) is 6.58 Å². The van der Waals surface area contributed by atoms with Crippen LogP contribution in [0.25, 0.3) is 0 Å². The van der Waals surface area contributed by atoms with Gasteiger partial charge in [-0.25, -0.2) is 19.6 Å². The zero-order chi connectivity index (χ0) is 25.6. The molecule has 0 radical (unpaired) electrons. The van der Waals surface area contributed by atoms with E-state index in [4.69, 9.17) is 9.47 Å². The molecule has 1 unspecified atom stereocenters. The lowest BCUT2D eigenvalue weighted by atomic mass is 10.1. The molecule has 1 heterocycles. The SMILES string of the molecule is C=CCN(CC(C(=O)OCS(C)(C)C)N1C(=O)c2ccccc2C1=O)C(=O)OCc1ccccc1. The first kappa shape index (κ1) is 26.0. The molecule has 0 bridgehead atoms. The molecule has 0 saturated carbocycles. The summed E-state index contributed by atoms with van der Waals surface area (Å²) < 4.78 is 10.9. The summed E-state index contributed by atoms with van der Waals surface area (Å²) in [4.78, 5) is 54.5. The lowest BCUT2D eigenvalue weighted by Crippen LogP contribution is -2.53. The second kappa shape index (κ2) is 11.2. The maximum absolute atomic E-state index is 13.2. The molecule has 0 aromatic heterocycles. The van der Waals surface area contributed by atoms with Crippen LogP contribution in [0.5, 0.6) is 0 Å². The highest BCUT2D eigenvalue weighted by atomic mass is 32.3. The minimum absolute atomic E-state index is 0.0306. The highest BCUT2D eigenvalue weighted by Crippen LogP contribution is 2.34. The Kier molecular flexibility index (Phi) is 8.34. The van der Waals surface area contributed by atoms with Gasteiger partial charge in [0.05, 0.1) is 17.7 Å². The van der Waals surface area contributed by atoms with E-state index in [0.717, 1.165) is 10.5 Å². The van der Waals surface area contributed by atoms with Crippen LogP contribution >= 0.6 is 10.0 Å². The van der Waals surface area contributed by atoms with Crippen molar-refractivity contribution in [2.45, 2.75) is 12.6 Å². The van der Waals surface area contributed by atoms with Crippen molar-refractivity contribution in [3.8, 4) is 0 Å². The van der Waals surface area contributed by atoms with E-state index in [9.17, 15) is 19.2 Å². The van der Waals surface area contributed by atoms with E-state index >= 15 is 0 Å². The number of rotatable bonds is 10. The summed E-state index contributed by atoms with van der Waals surface area (Å²) in [6.45, 7) is 3.46. The summed E-state index contributed by atoms with van der Waals surface area (Å²) in [5.41, 5.74) is 1.21. The Balaban J connectivity index is 1.85. The van der Waals surface area contributed by atoms with Crippen molar-refractivity contribution in [3.05, 3.63) is 83.9 Å². The zero-order valence-corrected chi connectivity index (χ0v) is 21.0. The summed E-state index contributed by atoms with van der Waals surface area (Å²) in [5, 5.41) is 0. The van der Waals surface area contributed by atoms with Crippen molar-refractivity contribution >= 4 is 33.9 Å². The number of imide groups is 1. The van der Waals surface area contributed by atoms with Gasteiger partial charge in [0.2, 0.25) is 0 Å². The molecule has 0 N–H and O–H groups in total. The fourth-order valence-electron chi connectivity index (χ4n) is 3.48. The van der Waals surface area contributed by atoms with Gasteiger partial charge in [-0.1, -0.05) is 48.5 Å². The van der Waals surface area contributed by atoms with Crippen molar-refractivity contribution in [1.29, 1.82) is 0 Å². The van der Waals surface area contributed by atoms with Crippen LogP contribution in [-0.2, 0) is 20.9 Å². The number of nitrogens with zero attached hydrogens (tertiary/aromatic N) is 2. The second-order valence-corrected chi connectivity index (χ2v) is 13.4. The van der Waals surface area contributed by atoms with Gasteiger partial charge in [-0.3, -0.25) is 14.5 Å². The lowest BCUT2D eigenvalue weighted by Gasteiger charge is -2.31. The van der Waals surface area contributed by atoms with E-state index in [1.165, 1.54) is 23.1 Å². The Bertz CT molecular complexity index is 1080. The molecule has 0 spiro atoms. The van der Waals surface area contributed by atoms with Crippen molar-refractivity contribution in [2.24, 2.45) is 0 Å². The minimum atomic E-state index is -1.34. The molecule has 8 nitrogen and oxygen atoms in total. The predicted octanol–water partition coefficient (Wildman–Crippen LogP) is 3.67. The van der Waals surface area contributed by atoms with Crippen LogP contribution in [0.15, 0.2) is 67.3 Å². The van der Waals surface area contributed by atoms with Crippen molar-refractivity contribution in [3.63, 3.8) is 0 Å². The summed E-state index contributed by atoms with van der Waals surface area (Å²) in [6.07, 6.45) is 6.70. The van der Waals surface area contributed by atoms with Crippen LogP contribution < -0.4 is 0 Å². The first-order chi connectivity index (χ1) is 16.6. The summed E-state index contributed by atoms with van der Waals surface area (Å²) in [7, 11) is -1.20. The molecule has 2 aromatic carbocycles. The normalized spacial score (nSPS) is 14.2. The topological polar surface area (TPSA) is 93.2 Å². The molecular weight excluding hydrogens is 468 g/mol. The Morgan fingerprint density at radius 3 is 2.09 bits per heavy atom. The number of carbonyl (C=O) groups excluding carboxylic acids is 4. The number of fused-ring (bicyclic) bond motifs is 1. The van der Waals surface area contributed by atoms with Crippen molar-refractivity contribution in [2.75, 3.05) is 37.8 Å². The van der Waals surface area contributed by atoms with Crippen molar-refractivity contribution < 1.29 is 28.7 Å². The molecule has 35 heavy (non-hydrogen) atoms. The van der Waals surface area contributed by atoms with Crippen LogP contribution in [0.3, 0.4) is 0 Å². The lowest BCUT2D eigenvalue weighted by molar-refractivity contribution is -0.146. The fraction of sp³-hybridized carbons (Fsp3) is 0.308. The summed E-state index contributed by atoms with van der Waals surface area (Å²) >= 11 is 0. The monoisotopic (exact) mass is 498 g/mol. The Labute approximate surface area is 206 Å². The van der Waals surface area contributed by atoms with Crippen molar-refractivity contribution in [1.82, 2.24) is 9.80 Å². The standard InChI is InChI=1S/C26H30N2O6S/c1-5-15-27(26(32)33-17-19-11-7-6-8-12-19)16-22(25(31)34-18-35(2,3)4)28-23(29)20-13-9-10-14-21(20)24(28)30/h5-14,22H,1,15-18H2,2-4H3. The first-order valence-electron chi connectivity index (χ1n) is 11.0. The largest absolute Gasteiger partial charge is 0.455 e. The van der Waals surface area contributed by atoms with Crippen LogP contribution in [0.1, 0.15) is 26.3 Å². The molecule has 3 amide bonds. The van der Waals surface area contributed by atoms with Gasteiger partial charge in [0, 0.05) is 6.54 Å². The quantitative estimate of drug-likeness (QED) is 0.282. The average molecular weight is 499 g/mol. The molecular formula is C26H30N2O6S. The number of ether oxygens (including phenoxy) is 2. The van der Waals surface area contributed by atoms with E-state index in [2.05, 4.69) is 6.58 Å². The molecule has 186 valence electrons. The maximum atomic E-state index is 13.2. The molecule has 0 aliphatic carbocycles. The average Bonchev–Trinajstić information content (AvgIpc) is 3.09. The summed E-state index contributed by atoms with van der Waals surface area (Å²) in [5.74, 6) is -1.81. The minimum Gasteiger partial charge on any atom is -0.455 e. The Morgan fingerprint density at radius 1 is 0.971 bits per heavy atom. The van der Waals surface area contributed by atoms with Gasteiger partial charge in [-0.2, -0.15) is 0 Å². The molecule has 1 aliphatic heterocycles. The maximum Gasteiger partial charge on any atom is 0.410 e. The number of amides is 3. The molecule has 0 fully saturated rings. The van der Waals surface area contributed by atoms with E-state index in [1.807, 2.05) is 49.1 Å². The third-order valence-electron chi connectivity index (χ3n) is 5.17. The molecule has 1 atom stereocenters. The number of hydrogen-bond donors (Lipinski definition) is 0. The third-order valence-corrected chi connectivity index (χ3v) is 6.00. The Hall–Kier alpha value is -3.59. The van der Waals surface area contributed by atoms with E-state index in [0.29, 0.717) is 0 Å². The molecule has 9 heteroatoms. The van der Waals surface area contributed by atoms with Gasteiger partial charge in [0.25, 0.3) is 11.8 Å². The Morgan fingerprint density at radius 2 is 1.54 bits per heavy atom. The molecule has 2 aromatic rings. The smallest absolute Gasteiger partial charge is 0.410 e.